The van der Waals surface area contributed by atoms with Gasteiger partial charge in [0.25, 0.3) is 5.91 Å². The fraction of sp³-hybridized carbons (Fsp3) is 0.222. The van der Waals surface area contributed by atoms with Gasteiger partial charge in [0.05, 0.1) is 11.7 Å². The summed E-state index contributed by atoms with van der Waals surface area (Å²) in [5.74, 6) is -1.28. The Bertz CT molecular complexity index is 804. The van der Waals surface area contributed by atoms with Gasteiger partial charge in [-0.05, 0) is 36.8 Å². The molecule has 5 nitrogen and oxygen atoms in total. The van der Waals surface area contributed by atoms with Gasteiger partial charge in [0.2, 0.25) is 5.91 Å². The molecule has 0 unspecified atom stereocenters. The molecule has 2 aliphatic heterocycles. The Morgan fingerprint density at radius 3 is 2.33 bits per heavy atom. The third kappa shape index (κ3) is 2.37. The molecule has 1 N–H and O–H groups in total. The van der Waals surface area contributed by atoms with Gasteiger partial charge < -0.3 is 0 Å². The first-order valence-electron chi connectivity index (χ1n) is 7.67. The van der Waals surface area contributed by atoms with E-state index in [9.17, 15) is 9.59 Å². The van der Waals surface area contributed by atoms with E-state index in [0.717, 1.165) is 16.8 Å². The highest BCUT2D eigenvalue weighted by Crippen LogP contribution is 2.44. The maximum atomic E-state index is 12.3. The van der Waals surface area contributed by atoms with Crippen LogP contribution in [-0.2, 0) is 14.4 Å². The molecule has 24 heavy (non-hydrogen) atoms. The predicted octanol–water partition coefficient (Wildman–Crippen LogP) is 2.78. The number of nitrogens with one attached hydrogen (secondary N) is 1. The topological polar surface area (TPSA) is 58.6 Å². The predicted molar refractivity (Wildman–Crippen MR) is 89.4 cm³/mol. The second kappa shape index (κ2) is 5.61. The van der Waals surface area contributed by atoms with Crippen molar-refractivity contribution in [2.75, 3.05) is 5.06 Å². The van der Waals surface area contributed by atoms with Crippen LogP contribution in [0.15, 0.2) is 48.5 Å². The number of amides is 2. The number of carbonyl (C=O) groups excluding carboxylic acids is 2. The Hall–Kier alpha value is -2.37. The number of anilines is 1. The normalized spacial score (nSPS) is 25.8. The summed E-state index contributed by atoms with van der Waals surface area (Å²) in [5.41, 5.74) is 2.79. The molecule has 4 rings (SSSR count). The smallest absolute Gasteiger partial charge is 0.259 e. The highest BCUT2D eigenvalue weighted by molar-refractivity contribution is 6.30. The molecule has 2 saturated heterocycles. The molecule has 0 saturated carbocycles. The summed E-state index contributed by atoms with van der Waals surface area (Å²) in [6.45, 7) is 2.00. The molecule has 6 heteroatoms. The minimum absolute atomic E-state index is 0.306. The molecule has 2 aromatic rings. The minimum Gasteiger partial charge on any atom is -0.294 e. The number of nitrogens with zero attached hydrogens (tertiary/aromatic N) is 1. The van der Waals surface area contributed by atoms with Crippen molar-refractivity contribution in [3.63, 3.8) is 0 Å². The Labute approximate surface area is 144 Å². The molecular weight excluding hydrogens is 328 g/mol. The van der Waals surface area contributed by atoms with Crippen molar-refractivity contribution in [1.29, 1.82) is 0 Å². The number of carbonyl (C=O) groups is 2. The number of hydroxylamine groups is 1. The second-order valence-electron chi connectivity index (χ2n) is 6.06. The first-order valence-corrected chi connectivity index (χ1v) is 8.05. The minimum atomic E-state index is -0.806. The lowest BCUT2D eigenvalue weighted by molar-refractivity contribution is -0.129. The zero-order valence-corrected chi connectivity index (χ0v) is 13.7. The summed E-state index contributed by atoms with van der Waals surface area (Å²) < 4.78 is 0. The largest absolute Gasteiger partial charge is 0.294 e. The molecule has 2 heterocycles. The summed E-state index contributed by atoms with van der Waals surface area (Å²) in [6, 6.07) is 14.6. The summed E-state index contributed by atoms with van der Waals surface area (Å²) >= 11 is 5.97. The molecule has 122 valence electrons. The SMILES string of the molecule is Cc1ccc(N2O[C@H]3C(=O)NC(=O)[C@@H]3[C@H]2c2ccc(Cl)cc2)cc1. The molecule has 2 aromatic carbocycles. The zero-order valence-electron chi connectivity index (χ0n) is 12.9. The molecule has 0 bridgehead atoms. The lowest BCUT2D eigenvalue weighted by Gasteiger charge is -2.27. The van der Waals surface area contributed by atoms with Gasteiger partial charge in [0.1, 0.15) is 5.92 Å². The number of imide groups is 1. The molecule has 0 aromatic heterocycles. The monoisotopic (exact) mass is 342 g/mol. The fourth-order valence-electron chi connectivity index (χ4n) is 3.25. The van der Waals surface area contributed by atoms with E-state index in [1.165, 1.54) is 0 Å². The maximum absolute atomic E-state index is 12.3. The summed E-state index contributed by atoms with van der Waals surface area (Å²) in [7, 11) is 0. The van der Waals surface area contributed by atoms with Crippen LogP contribution in [0, 0.1) is 12.8 Å². The van der Waals surface area contributed by atoms with Gasteiger partial charge in [-0.15, -0.1) is 0 Å². The first kappa shape index (κ1) is 15.2. The van der Waals surface area contributed by atoms with Crippen molar-refractivity contribution in [2.45, 2.75) is 19.1 Å². The van der Waals surface area contributed by atoms with Gasteiger partial charge in [0, 0.05) is 5.02 Å². The van der Waals surface area contributed by atoms with Crippen LogP contribution in [0.1, 0.15) is 17.2 Å². The van der Waals surface area contributed by atoms with E-state index in [1.54, 1.807) is 17.2 Å². The van der Waals surface area contributed by atoms with Gasteiger partial charge in [-0.1, -0.05) is 41.4 Å². The van der Waals surface area contributed by atoms with Crippen LogP contribution in [0.4, 0.5) is 5.69 Å². The fourth-order valence-corrected chi connectivity index (χ4v) is 3.37. The Kier molecular flexibility index (Phi) is 3.55. The quantitative estimate of drug-likeness (QED) is 0.853. The average molecular weight is 343 g/mol. The third-order valence-corrected chi connectivity index (χ3v) is 4.71. The molecular formula is C18H15ClN2O3. The lowest BCUT2D eigenvalue weighted by Crippen LogP contribution is -2.33. The van der Waals surface area contributed by atoms with Crippen molar-refractivity contribution < 1.29 is 14.4 Å². The Balaban J connectivity index is 1.79. The first-order chi connectivity index (χ1) is 11.5. The van der Waals surface area contributed by atoms with E-state index in [0.29, 0.717) is 5.02 Å². The number of fused-ring (bicyclic) bond motifs is 1. The van der Waals surface area contributed by atoms with E-state index in [2.05, 4.69) is 5.32 Å². The maximum Gasteiger partial charge on any atom is 0.259 e. The highest BCUT2D eigenvalue weighted by atomic mass is 35.5. The lowest BCUT2D eigenvalue weighted by atomic mass is 9.90. The van der Waals surface area contributed by atoms with E-state index >= 15 is 0 Å². The van der Waals surface area contributed by atoms with E-state index in [4.69, 9.17) is 16.4 Å². The van der Waals surface area contributed by atoms with Crippen molar-refractivity contribution in [3.05, 3.63) is 64.7 Å². The van der Waals surface area contributed by atoms with Crippen LogP contribution in [0.5, 0.6) is 0 Å². The summed E-state index contributed by atoms with van der Waals surface area (Å²) in [4.78, 5) is 30.2. The number of benzene rings is 2. The van der Waals surface area contributed by atoms with E-state index in [-0.39, 0.29) is 11.9 Å². The van der Waals surface area contributed by atoms with Gasteiger partial charge in [0.15, 0.2) is 6.10 Å². The van der Waals surface area contributed by atoms with Crippen molar-refractivity contribution in [1.82, 2.24) is 5.32 Å². The van der Waals surface area contributed by atoms with E-state index < -0.39 is 17.9 Å². The van der Waals surface area contributed by atoms with Crippen LogP contribution in [-0.4, -0.2) is 17.9 Å². The number of hydrogen-bond acceptors (Lipinski definition) is 4. The van der Waals surface area contributed by atoms with Crippen LogP contribution in [0.3, 0.4) is 0 Å². The van der Waals surface area contributed by atoms with Gasteiger partial charge >= 0.3 is 0 Å². The number of hydrogen-bond donors (Lipinski definition) is 1. The summed E-state index contributed by atoms with van der Waals surface area (Å²) in [6.07, 6.45) is -0.806. The van der Waals surface area contributed by atoms with Crippen molar-refractivity contribution in [2.24, 2.45) is 5.92 Å². The number of rotatable bonds is 2. The van der Waals surface area contributed by atoms with Gasteiger partial charge in [-0.2, -0.15) is 0 Å². The average Bonchev–Trinajstić information content (AvgIpc) is 3.08. The van der Waals surface area contributed by atoms with Crippen molar-refractivity contribution >= 4 is 29.1 Å². The van der Waals surface area contributed by atoms with Gasteiger partial charge in [-0.3, -0.25) is 19.7 Å². The highest BCUT2D eigenvalue weighted by Gasteiger charge is 2.56. The molecule has 0 radical (unpaired) electrons. The zero-order chi connectivity index (χ0) is 16.8. The van der Waals surface area contributed by atoms with E-state index in [1.807, 2.05) is 43.3 Å². The standard InChI is InChI=1S/C18H15ClN2O3/c1-10-2-8-13(9-3-10)21-15(11-4-6-12(19)7-5-11)14-16(24-21)18(23)20-17(14)22/h2-9,14-16H,1H3,(H,20,22,23)/t14-,15-,16-/m1/s1. The Morgan fingerprint density at radius 2 is 1.67 bits per heavy atom. The summed E-state index contributed by atoms with van der Waals surface area (Å²) in [5, 5.41) is 4.63. The molecule has 2 amide bonds. The number of aryl methyl sites for hydroxylation is 1. The molecule has 2 fully saturated rings. The Morgan fingerprint density at radius 1 is 1.00 bits per heavy atom. The number of halogens is 1. The van der Waals surface area contributed by atoms with Gasteiger partial charge in [-0.25, -0.2) is 5.06 Å². The third-order valence-electron chi connectivity index (χ3n) is 4.45. The van der Waals surface area contributed by atoms with Crippen LogP contribution in [0.25, 0.3) is 0 Å². The van der Waals surface area contributed by atoms with Crippen LogP contribution >= 0.6 is 11.6 Å². The molecule has 2 aliphatic rings. The second-order valence-corrected chi connectivity index (χ2v) is 6.50. The molecule has 0 aliphatic carbocycles. The molecule has 3 atom stereocenters. The van der Waals surface area contributed by atoms with Crippen LogP contribution < -0.4 is 10.4 Å². The molecule has 0 spiro atoms. The van der Waals surface area contributed by atoms with Crippen molar-refractivity contribution in [3.8, 4) is 0 Å². The van der Waals surface area contributed by atoms with Crippen LogP contribution in [0.2, 0.25) is 5.02 Å².